The highest BCUT2D eigenvalue weighted by molar-refractivity contribution is 6.07. The number of anilines is 1. The quantitative estimate of drug-likeness (QED) is 0.458. The van der Waals surface area contributed by atoms with E-state index in [4.69, 9.17) is 16.0 Å². The largest absolute Gasteiger partial charge is 0.382 e. The zero-order valence-electron chi connectivity index (χ0n) is 24.6. The SMILES string of the molecule is N#Cc1ccnc(NC(=O)c2ccc(C3=C4C(N)=NC=C5/C=C/CCCCCC(=O)N[C@@H]6CCC[C@H](C6)C(C=N3)N54)cc2)c1. The molecule has 1 aromatic heterocycles. The maximum absolute atomic E-state index is 12.9. The van der Waals surface area contributed by atoms with E-state index in [-0.39, 0.29) is 29.8 Å². The first kappa shape index (κ1) is 29.1. The molecule has 4 heterocycles. The third-order valence-electron chi connectivity index (χ3n) is 8.65. The first-order chi connectivity index (χ1) is 21.5. The van der Waals surface area contributed by atoms with Crippen LogP contribution in [0.25, 0.3) is 5.70 Å². The molecular weight excluding hydrogens is 552 g/mol. The van der Waals surface area contributed by atoms with E-state index in [0.717, 1.165) is 68.3 Å². The summed E-state index contributed by atoms with van der Waals surface area (Å²) in [5.74, 6) is 0.804. The number of hydrogen-bond donors (Lipinski definition) is 3. The molecule has 44 heavy (non-hydrogen) atoms. The van der Waals surface area contributed by atoms with Gasteiger partial charge in [0.1, 0.15) is 17.4 Å². The van der Waals surface area contributed by atoms with Crippen molar-refractivity contribution in [2.24, 2.45) is 21.6 Å². The minimum absolute atomic E-state index is 0.0368. The third-order valence-corrected chi connectivity index (χ3v) is 8.65. The molecule has 224 valence electrons. The average molecular weight is 589 g/mol. The van der Waals surface area contributed by atoms with Gasteiger partial charge in [0.25, 0.3) is 5.91 Å². The normalized spacial score (nSPS) is 24.4. The van der Waals surface area contributed by atoms with Crippen molar-refractivity contribution in [1.29, 1.82) is 5.26 Å². The molecule has 0 radical (unpaired) electrons. The first-order valence-electron chi connectivity index (χ1n) is 15.4. The molecule has 1 fully saturated rings. The smallest absolute Gasteiger partial charge is 0.256 e. The Kier molecular flexibility index (Phi) is 8.64. The van der Waals surface area contributed by atoms with Gasteiger partial charge in [0.05, 0.1) is 35.3 Å². The summed E-state index contributed by atoms with van der Waals surface area (Å²) in [6, 6.07) is 12.5. The molecule has 6 rings (SSSR count). The van der Waals surface area contributed by atoms with E-state index in [1.807, 2.05) is 30.6 Å². The molecule has 3 atom stereocenters. The lowest BCUT2D eigenvalue weighted by atomic mass is 9.79. The number of amides is 2. The molecule has 4 N–H and O–H groups in total. The van der Waals surface area contributed by atoms with E-state index in [1.165, 1.54) is 12.3 Å². The molecule has 0 saturated heterocycles. The molecule has 0 spiro atoms. The van der Waals surface area contributed by atoms with Crippen LogP contribution < -0.4 is 16.4 Å². The third kappa shape index (κ3) is 6.32. The van der Waals surface area contributed by atoms with Crippen molar-refractivity contribution in [3.8, 4) is 6.07 Å². The first-order valence-corrected chi connectivity index (χ1v) is 15.4. The van der Waals surface area contributed by atoms with Gasteiger partial charge in [-0.25, -0.2) is 9.98 Å². The Morgan fingerprint density at radius 1 is 1.11 bits per heavy atom. The fourth-order valence-corrected chi connectivity index (χ4v) is 6.45. The van der Waals surface area contributed by atoms with Gasteiger partial charge >= 0.3 is 0 Å². The second-order valence-electron chi connectivity index (χ2n) is 11.7. The summed E-state index contributed by atoms with van der Waals surface area (Å²) in [6.07, 6.45) is 18.0. The fraction of sp³-hybridized carbons (Fsp3) is 0.353. The highest BCUT2D eigenvalue weighted by Crippen LogP contribution is 2.39. The number of carbonyl (C=O) groups excluding carboxylic acids is 2. The van der Waals surface area contributed by atoms with Crippen molar-refractivity contribution in [3.63, 3.8) is 0 Å². The Bertz CT molecular complexity index is 1630. The van der Waals surface area contributed by atoms with Crippen LogP contribution in [0.5, 0.6) is 0 Å². The van der Waals surface area contributed by atoms with Crippen molar-refractivity contribution in [2.75, 3.05) is 5.32 Å². The summed E-state index contributed by atoms with van der Waals surface area (Å²) in [5, 5.41) is 15.2. The van der Waals surface area contributed by atoms with Crippen molar-refractivity contribution in [1.82, 2.24) is 15.2 Å². The van der Waals surface area contributed by atoms with Crippen LogP contribution in [0, 0.1) is 17.2 Å². The number of carbonyl (C=O) groups is 2. The number of aromatic nitrogens is 1. The van der Waals surface area contributed by atoms with Crippen LogP contribution in [0.15, 0.2) is 82.3 Å². The minimum Gasteiger partial charge on any atom is -0.382 e. The molecule has 1 aliphatic carbocycles. The van der Waals surface area contributed by atoms with Gasteiger partial charge in [-0.05, 0) is 74.8 Å². The van der Waals surface area contributed by atoms with Crippen LogP contribution >= 0.6 is 0 Å². The Hall–Kier alpha value is -5.04. The number of rotatable bonds is 3. The number of nitrogens with one attached hydrogen (secondary N) is 2. The monoisotopic (exact) mass is 588 g/mol. The lowest BCUT2D eigenvalue weighted by Gasteiger charge is -2.44. The standard InChI is InChI=1S/C34H36N8O2/c35-19-22-15-16-37-29(17-22)41-34(44)24-13-11-23(12-14-24)31-32-33(36)39-20-27-9-4-2-1-3-5-10-30(43)40-26-8-6-7-25(18-26)28(21-38-31)42(27)32/h4,9,11-17,20-21,25-26,28H,1-3,5-8,10,18H2,(H2,36,39)(H,40,43)(H,37,41,44)/b9-4+/t25-,26-,28?/m1/s1. The molecule has 1 saturated carbocycles. The van der Waals surface area contributed by atoms with Gasteiger partial charge in [-0.1, -0.05) is 31.1 Å². The molecule has 10 nitrogen and oxygen atoms in total. The number of nitrogens with zero attached hydrogens (tertiary/aromatic N) is 5. The molecule has 2 aromatic rings. The number of amidine groups is 1. The fourth-order valence-electron chi connectivity index (χ4n) is 6.45. The lowest BCUT2D eigenvalue weighted by molar-refractivity contribution is -0.122. The van der Waals surface area contributed by atoms with Crippen LogP contribution in [0.3, 0.4) is 0 Å². The van der Waals surface area contributed by atoms with Crippen molar-refractivity contribution in [2.45, 2.75) is 69.9 Å². The van der Waals surface area contributed by atoms with E-state index in [9.17, 15) is 9.59 Å². The lowest BCUT2D eigenvalue weighted by Crippen LogP contribution is -2.50. The second kappa shape index (κ2) is 13.1. The number of nitriles is 1. The van der Waals surface area contributed by atoms with E-state index >= 15 is 0 Å². The number of fused-ring (bicyclic) bond motifs is 3. The van der Waals surface area contributed by atoms with Gasteiger partial charge in [-0.15, -0.1) is 0 Å². The molecule has 3 aliphatic heterocycles. The summed E-state index contributed by atoms with van der Waals surface area (Å²) in [6.45, 7) is 0. The number of aliphatic imine (C=N–C) groups is 2. The number of pyridine rings is 1. The maximum Gasteiger partial charge on any atom is 0.256 e. The average Bonchev–Trinajstić information content (AvgIpc) is 3.05. The summed E-state index contributed by atoms with van der Waals surface area (Å²) in [5.41, 5.74) is 10.7. The Morgan fingerprint density at radius 3 is 2.82 bits per heavy atom. The van der Waals surface area contributed by atoms with Crippen molar-refractivity contribution in [3.05, 3.63) is 89.0 Å². The second-order valence-corrected chi connectivity index (χ2v) is 11.7. The molecule has 4 aliphatic rings. The van der Waals surface area contributed by atoms with Gasteiger partial charge in [-0.3, -0.25) is 14.6 Å². The van der Waals surface area contributed by atoms with E-state index in [2.05, 4.69) is 37.7 Å². The summed E-state index contributed by atoms with van der Waals surface area (Å²) in [4.78, 5) is 41.5. The zero-order valence-corrected chi connectivity index (χ0v) is 24.6. The van der Waals surface area contributed by atoms with E-state index in [0.29, 0.717) is 34.9 Å². The van der Waals surface area contributed by atoms with Crippen LogP contribution in [0.4, 0.5) is 5.82 Å². The summed E-state index contributed by atoms with van der Waals surface area (Å²) in [7, 11) is 0. The van der Waals surface area contributed by atoms with Crippen LogP contribution in [0.2, 0.25) is 0 Å². The van der Waals surface area contributed by atoms with Crippen molar-refractivity contribution < 1.29 is 9.59 Å². The predicted molar refractivity (Wildman–Crippen MR) is 170 cm³/mol. The molecular formula is C34H36N8O2. The molecule has 10 heteroatoms. The van der Waals surface area contributed by atoms with E-state index < -0.39 is 0 Å². The highest BCUT2D eigenvalue weighted by atomic mass is 16.2. The predicted octanol–water partition coefficient (Wildman–Crippen LogP) is 5.04. The minimum atomic E-state index is -0.331. The molecule has 2 bridgehead atoms. The zero-order chi connectivity index (χ0) is 30.5. The van der Waals surface area contributed by atoms with Gasteiger partial charge in [0.15, 0.2) is 0 Å². The molecule has 1 aromatic carbocycles. The number of hydrogen-bond acceptors (Lipinski definition) is 8. The molecule has 1 unspecified atom stereocenters. The maximum atomic E-state index is 12.9. The molecule has 2 amide bonds. The Labute approximate surface area is 257 Å². The van der Waals surface area contributed by atoms with Gasteiger partial charge in [0.2, 0.25) is 5.91 Å². The Morgan fingerprint density at radius 2 is 1.98 bits per heavy atom. The number of allylic oxidation sites excluding steroid dienone is 2. The summed E-state index contributed by atoms with van der Waals surface area (Å²) >= 11 is 0. The number of benzene rings is 1. The van der Waals surface area contributed by atoms with Gasteiger partial charge in [0, 0.05) is 36.0 Å². The topological polar surface area (TPSA) is 149 Å². The highest BCUT2D eigenvalue weighted by Gasteiger charge is 2.39. The van der Waals surface area contributed by atoms with Crippen LogP contribution in [-0.4, -0.2) is 45.8 Å². The van der Waals surface area contributed by atoms with E-state index in [1.54, 1.807) is 18.2 Å². The van der Waals surface area contributed by atoms with Crippen LogP contribution in [0.1, 0.15) is 79.3 Å². The van der Waals surface area contributed by atoms with Gasteiger partial charge < -0.3 is 21.3 Å². The van der Waals surface area contributed by atoms with Crippen LogP contribution in [-0.2, 0) is 4.79 Å². The summed E-state index contributed by atoms with van der Waals surface area (Å²) < 4.78 is 0. The van der Waals surface area contributed by atoms with Gasteiger partial charge in [-0.2, -0.15) is 5.26 Å². The Balaban J connectivity index is 1.31. The number of nitrogens with two attached hydrogens (primary N) is 1. The van der Waals surface area contributed by atoms with Crippen molar-refractivity contribution >= 4 is 35.4 Å².